The lowest BCUT2D eigenvalue weighted by Crippen LogP contribution is -2.37. The molecular formula is C15H21NO6S. The molecule has 0 aliphatic carbocycles. The third kappa shape index (κ3) is 4.43. The number of sulfonamides is 1. The minimum absolute atomic E-state index is 0.112. The van der Waals surface area contributed by atoms with Crippen LogP contribution < -0.4 is 9.46 Å². The van der Waals surface area contributed by atoms with Gasteiger partial charge in [-0.25, -0.2) is 17.9 Å². The third-order valence-corrected chi connectivity index (χ3v) is 5.20. The molecule has 0 radical (unpaired) electrons. The van der Waals surface area contributed by atoms with E-state index >= 15 is 0 Å². The van der Waals surface area contributed by atoms with Gasteiger partial charge in [-0.3, -0.25) is 0 Å². The highest BCUT2D eigenvalue weighted by Gasteiger charge is 2.23. The first-order valence-corrected chi connectivity index (χ1v) is 8.88. The predicted molar refractivity (Wildman–Crippen MR) is 83.3 cm³/mol. The van der Waals surface area contributed by atoms with Crippen LogP contribution >= 0.6 is 0 Å². The zero-order valence-electron chi connectivity index (χ0n) is 13.1. The van der Waals surface area contributed by atoms with Gasteiger partial charge in [0.05, 0.1) is 24.2 Å². The van der Waals surface area contributed by atoms with Crippen molar-refractivity contribution in [2.45, 2.75) is 43.3 Å². The largest absolute Gasteiger partial charge is 0.496 e. The van der Waals surface area contributed by atoms with Crippen LogP contribution in [0.2, 0.25) is 0 Å². The number of hydrogen-bond donors (Lipinski definition) is 2. The molecule has 1 saturated heterocycles. The van der Waals surface area contributed by atoms with Crippen molar-refractivity contribution in [2.75, 3.05) is 13.7 Å². The highest BCUT2D eigenvalue weighted by atomic mass is 32.2. The fourth-order valence-corrected chi connectivity index (χ4v) is 3.65. The zero-order chi connectivity index (χ0) is 17.0. The van der Waals surface area contributed by atoms with Crippen LogP contribution in [0.1, 0.15) is 36.5 Å². The summed E-state index contributed by atoms with van der Waals surface area (Å²) in [4.78, 5) is 11.1. The minimum atomic E-state index is -3.81. The molecule has 1 aliphatic rings. The van der Waals surface area contributed by atoms with Gasteiger partial charge in [0.1, 0.15) is 11.3 Å². The van der Waals surface area contributed by atoms with Gasteiger partial charge in [0, 0.05) is 6.54 Å². The molecule has 0 saturated carbocycles. The Morgan fingerprint density at radius 1 is 1.43 bits per heavy atom. The van der Waals surface area contributed by atoms with Crippen molar-refractivity contribution < 1.29 is 27.8 Å². The zero-order valence-corrected chi connectivity index (χ0v) is 13.9. The lowest BCUT2D eigenvalue weighted by Gasteiger charge is -2.27. The Labute approximate surface area is 135 Å². The van der Waals surface area contributed by atoms with Crippen molar-refractivity contribution in [3.8, 4) is 5.75 Å². The molecule has 7 nitrogen and oxygen atoms in total. The van der Waals surface area contributed by atoms with Crippen LogP contribution in [0.5, 0.6) is 5.75 Å². The topological polar surface area (TPSA) is 102 Å². The first-order valence-electron chi connectivity index (χ1n) is 7.40. The molecule has 1 aromatic carbocycles. The maximum atomic E-state index is 12.3. The SMILES string of the molecule is COc1ccc(S(=O)(=O)NCC2CCCC(C)O2)cc1C(=O)O. The normalized spacial score (nSPS) is 21.8. The molecule has 1 fully saturated rings. The molecule has 128 valence electrons. The number of carboxylic acids is 1. The number of ether oxygens (including phenoxy) is 2. The molecule has 2 atom stereocenters. The van der Waals surface area contributed by atoms with E-state index in [1.54, 1.807) is 0 Å². The first-order chi connectivity index (χ1) is 10.8. The summed E-state index contributed by atoms with van der Waals surface area (Å²) in [6.07, 6.45) is 2.74. The Balaban J connectivity index is 2.13. The maximum Gasteiger partial charge on any atom is 0.339 e. The summed E-state index contributed by atoms with van der Waals surface area (Å²) in [5.74, 6) is -1.13. The fourth-order valence-electron chi connectivity index (χ4n) is 2.56. The number of methoxy groups -OCH3 is 1. The molecule has 1 aromatic rings. The van der Waals surface area contributed by atoms with Gasteiger partial charge in [0.2, 0.25) is 10.0 Å². The summed E-state index contributed by atoms with van der Waals surface area (Å²) >= 11 is 0. The molecule has 1 aliphatic heterocycles. The van der Waals surface area contributed by atoms with E-state index in [0.717, 1.165) is 25.3 Å². The lowest BCUT2D eigenvalue weighted by atomic mass is 10.1. The van der Waals surface area contributed by atoms with E-state index < -0.39 is 16.0 Å². The van der Waals surface area contributed by atoms with Crippen LogP contribution in [0.15, 0.2) is 23.1 Å². The summed E-state index contributed by atoms with van der Waals surface area (Å²) in [6, 6.07) is 3.74. The molecular weight excluding hydrogens is 322 g/mol. The second kappa shape index (κ2) is 7.29. The van der Waals surface area contributed by atoms with Gasteiger partial charge in [-0.1, -0.05) is 0 Å². The van der Waals surface area contributed by atoms with Crippen molar-refractivity contribution in [3.63, 3.8) is 0 Å². The average Bonchev–Trinajstić information content (AvgIpc) is 2.52. The summed E-state index contributed by atoms with van der Waals surface area (Å²) in [5.41, 5.74) is -0.196. The molecule has 0 aromatic heterocycles. The number of hydrogen-bond acceptors (Lipinski definition) is 5. The van der Waals surface area contributed by atoms with Gasteiger partial charge in [-0.05, 0) is 44.4 Å². The number of benzene rings is 1. The maximum absolute atomic E-state index is 12.3. The standard InChI is InChI=1S/C15H21NO6S/c1-10-4-3-5-11(22-10)9-16-23(19,20)12-6-7-14(21-2)13(8-12)15(17)18/h6-8,10-11,16H,3-5,9H2,1-2H3,(H,17,18). The first kappa shape index (κ1) is 17.7. The number of rotatable bonds is 6. The predicted octanol–water partition coefficient (Wildman–Crippen LogP) is 1.63. The number of carbonyl (C=O) groups is 1. The van der Waals surface area contributed by atoms with Gasteiger partial charge in [0.25, 0.3) is 0 Å². The second-order valence-electron chi connectivity index (χ2n) is 5.52. The Morgan fingerprint density at radius 3 is 2.78 bits per heavy atom. The van der Waals surface area contributed by atoms with E-state index in [4.69, 9.17) is 14.6 Å². The van der Waals surface area contributed by atoms with E-state index in [1.807, 2.05) is 6.92 Å². The van der Waals surface area contributed by atoms with E-state index in [1.165, 1.54) is 19.2 Å². The van der Waals surface area contributed by atoms with E-state index in [2.05, 4.69) is 4.72 Å². The van der Waals surface area contributed by atoms with Crippen LogP contribution in [0.25, 0.3) is 0 Å². The molecule has 8 heteroatoms. The molecule has 2 unspecified atom stereocenters. The van der Waals surface area contributed by atoms with Crippen molar-refractivity contribution >= 4 is 16.0 Å². The van der Waals surface area contributed by atoms with Gasteiger partial charge in [0.15, 0.2) is 0 Å². The number of nitrogens with one attached hydrogen (secondary N) is 1. The van der Waals surface area contributed by atoms with Crippen molar-refractivity contribution in [1.29, 1.82) is 0 Å². The molecule has 0 spiro atoms. The van der Waals surface area contributed by atoms with E-state index in [0.29, 0.717) is 0 Å². The molecule has 0 bridgehead atoms. The second-order valence-corrected chi connectivity index (χ2v) is 7.29. The smallest absolute Gasteiger partial charge is 0.339 e. The monoisotopic (exact) mass is 343 g/mol. The average molecular weight is 343 g/mol. The Kier molecular flexibility index (Phi) is 5.61. The lowest BCUT2D eigenvalue weighted by molar-refractivity contribution is -0.0358. The summed E-state index contributed by atoms with van der Waals surface area (Å²) in [6.45, 7) is 2.13. The van der Waals surface area contributed by atoms with Gasteiger partial charge in [-0.2, -0.15) is 0 Å². The van der Waals surface area contributed by atoms with Crippen LogP contribution in [0.3, 0.4) is 0 Å². The van der Waals surface area contributed by atoms with E-state index in [-0.39, 0.29) is 35.0 Å². The third-order valence-electron chi connectivity index (χ3n) is 3.77. The van der Waals surface area contributed by atoms with Gasteiger partial charge < -0.3 is 14.6 Å². The van der Waals surface area contributed by atoms with E-state index in [9.17, 15) is 13.2 Å². The van der Waals surface area contributed by atoms with Gasteiger partial charge >= 0.3 is 5.97 Å². The molecule has 2 N–H and O–H groups in total. The Morgan fingerprint density at radius 2 is 2.17 bits per heavy atom. The Hall–Kier alpha value is -1.64. The van der Waals surface area contributed by atoms with Crippen LogP contribution in [0, 0.1) is 0 Å². The highest BCUT2D eigenvalue weighted by molar-refractivity contribution is 7.89. The molecule has 23 heavy (non-hydrogen) atoms. The minimum Gasteiger partial charge on any atom is -0.496 e. The summed E-state index contributed by atoms with van der Waals surface area (Å²) in [5, 5.41) is 9.13. The summed E-state index contributed by atoms with van der Waals surface area (Å²) < 4.78 is 37.7. The van der Waals surface area contributed by atoms with Crippen molar-refractivity contribution in [2.24, 2.45) is 0 Å². The molecule has 2 rings (SSSR count). The fraction of sp³-hybridized carbons (Fsp3) is 0.533. The molecule has 0 amide bonds. The van der Waals surface area contributed by atoms with Crippen molar-refractivity contribution in [1.82, 2.24) is 4.72 Å². The highest BCUT2D eigenvalue weighted by Crippen LogP contribution is 2.23. The number of aromatic carboxylic acids is 1. The summed E-state index contributed by atoms with van der Waals surface area (Å²) in [7, 11) is -2.48. The van der Waals surface area contributed by atoms with Crippen LogP contribution in [0.4, 0.5) is 0 Å². The van der Waals surface area contributed by atoms with Crippen LogP contribution in [-0.2, 0) is 14.8 Å². The van der Waals surface area contributed by atoms with Gasteiger partial charge in [-0.15, -0.1) is 0 Å². The molecule has 1 heterocycles. The quantitative estimate of drug-likeness (QED) is 0.814. The van der Waals surface area contributed by atoms with Crippen LogP contribution in [-0.4, -0.2) is 45.4 Å². The van der Waals surface area contributed by atoms with Crippen molar-refractivity contribution in [3.05, 3.63) is 23.8 Å². The Bertz CT molecular complexity index is 673. The number of carboxylic acid groups (broad SMARTS) is 1.